The van der Waals surface area contributed by atoms with Gasteiger partial charge >= 0.3 is 0 Å². The summed E-state index contributed by atoms with van der Waals surface area (Å²) in [4.78, 5) is 21.2. The van der Waals surface area contributed by atoms with Gasteiger partial charge in [-0.1, -0.05) is 42.5 Å². The highest BCUT2D eigenvalue weighted by molar-refractivity contribution is 6.04. The molecule has 0 saturated heterocycles. The van der Waals surface area contributed by atoms with Crippen LogP contribution in [0, 0.1) is 13.8 Å². The van der Waals surface area contributed by atoms with Gasteiger partial charge in [0.05, 0.1) is 11.3 Å². The van der Waals surface area contributed by atoms with Gasteiger partial charge in [0, 0.05) is 17.4 Å². The smallest absolute Gasteiger partial charge is 0.259 e. The van der Waals surface area contributed by atoms with E-state index in [2.05, 4.69) is 15.3 Å². The minimum atomic E-state index is -0.201. The molecule has 0 spiro atoms. The summed E-state index contributed by atoms with van der Waals surface area (Å²) in [5, 5.41) is 2.88. The summed E-state index contributed by atoms with van der Waals surface area (Å²) in [5.74, 6) is 0.419. The number of aryl methyl sites for hydroxylation is 2. The Balaban J connectivity index is 1.84. The summed E-state index contributed by atoms with van der Waals surface area (Å²) in [7, 11) is 0. The van der Waals surface area contributed by atoms with Crippen LogP contribution >= 0.6 is 0 Å². The second-order valence-electron chi connectivity index (χ2n) is 5.38. The standard InChI is InChI=1S/C19H17N3O/c1-13-7-6-10-16(11-13)22-19(23)17-12-20-18(21-14(17)2)15-8-4-3-5-9-15/h3-12H,1-2H3,(H,22,23). The molecule has 3 rings (SSSR count). The highest BCUT2D eigenvalue weighted by atomic mass is 16.1. The number of nitrogens with zero attached hydrogens (tertiary/aromatic N) is 2. The normalized spacial score (nSPS) is 10.3. The summed E-state index contributed by atoms with van der Waals surface area (Å²) in [6, 6.07) is 17.4. The molecule has 4 heteroatoms. The van der Waals surface area contributed by atoms with Gasteiger partial charge in [-0.05, 0) is 31.5 Å². The predicted molar refractivity (Wildman–Crippen MR) is 91.3 cm³/mol. The van der Waals surface area contributed by atoms with Crippen molar-refractivity contribution in [2.24, 2.45) is 0 Å². The Morgan fingerprint density at radius 1 is 1.00 bits per heavy atom. The average molecular weight is 303 g/mol. The molecule has 1 amide bonds. The second kappa shape index (κ2) is 6.40. The first-order valence-electron chi connectivity index (χ1n) is 7.40. The van der Waals surface area contributed by atoms with E-state index in [0.29, 0.717) is 17.1 Å². The van der Waals surface area contributed by atoms with E-state index in [4.69, 9.17) is 0 Å². The van der Waals surface area contributed by atoms with Gasteiger partial charge in [0.2, 0.25) is 0 Å². The first-order chi connectivity index (χ1) is 11.1. The summed E-state index contributed by atoms with van der Waals surface area (Å²) < 4.78 is 0. The lowest BCUT2D eigenvalue weighted by Crippen LogP contribution is -2.15. The van der Waals surface area contributed by atoms with Gasteiger partial charge in [-0.3, -0.25) is 4.79 Å². The predicted octanol–water partition coefficient (Wildman–Crippen LogP) is 4.01. The second-order valence-corrected chi connectivity index (χ2v) is 5.38. The molecule has 0 fully saturated rings. The third-order valence-electron chi connectivity index (χ3n) is 3.53. The van der Waals surface area contributed by atoms with Gasteiger partial charge < -0.3 is 5.32 Å². The van der Waals surface area contributed by atoms with Crippen molar-refractivity contribution in [2.75, 3.05) is 5.32 Å². The Hall–Kier alpha value is -3.01. The Morgan fingerprint density at radius 3 is 2.48 bits per heavy atom. The average Bonchev–Trinajstić information content (AvgIpc) is 2.55. The Bertz CT molecular complexity index is 844. The highest BCUT2D eigenvalue weighted by Gasteiger charge is 2.12. The number of hydrogen-bond acceptors (Lipinski definition) is 3. The summed E-state index contributed by atoms with van der Waals surface area (Å²) in [6.07, 6.45) is 1.58. The minimum absolute atomic E-state index is 0.201. The topological polar surface area (TPSA) is 54.9 Å². The lowest BCUT2D eigenvalue weighted by atomic mass is 10.1. The van der Waals surface area contributed by atoms with Crippen LogP contribution < -0.4 is 5.32 Å². The lowest BCUT2D eigenvalue weighted by Gasteiger charge is -2.09. The Kier molecular flexibility index (Phi) is 4.15. The van der Waals surface area contributed by atoms with Crippen molar-refractivity contribution in [3.05, 3.63) is 77.6 Å². The number of carbonyl (C=O) groups excluding carboxylic acids is 1. The molecule has 2 aromatic carbocycles. The van der Waals surface area contributed by atoms with Crippen LogP contribution in [0.1, 0.15) is 21.6 Å². The van der Waals surface area contributed by atoms with Gasteiger partial charge in [-0.2, -0.15) is 0 Å². The molecule has 0 aliphatic carbocycles. The van der Waals surface area contributed by atoms with Crippen LogP contribution in [-0.4, -0.2) is 15.9 Å². The van der Waals surface area contributed by atoms with E-state index in [0.717, 1.165) is 16.8 Å². The third-order valence-corrected chi connectivity index (χ3v) is 3.53. The van der Waals surface area contributed by atoms with Crippen LogP contribution in [0.3, 0.4) is 0 Å². The van der Waals surface area contributed by atoms with E-state index in [9.17, 15) is 4.79 Å². The molecular formula is C19H17N3O. The lowest BCUT2D eigenvalue weighted by molar-refractivity contribution is 0.102. The zero-order chi connectivity index (χ0) is 16.2. The number of rotatable bonds is 3. The number of amides is 1. The fraction of sp³-hybridized carbons (Fsp3) is 0.105. The summed E-state index contributed by atoms with van der Waals surface area (Å²) in [5.41, 5.74) is 3.92. The van der Waals surface area contributed by atoms with Crippen LogP contribution in [0.4, 0.5) is 5.69 Å². The van der Waals surface area contributed by atoms with Crippen LogP contribution in [0.15, 0.2) is 60.8 Å². The molecular weight excluding hydrogens is 286 g/mol. The number of carbonyl (C=O) groups is 1. The number of hydrogen-bond donors (Lipinski definition) is 1. The SMILES string of the molecule is Cc1cccc(NC(=O)c2cnc(-c3ccccc3)nc2C)c1. The number of aromatic nitrogens is 2. The molecule has 0 aliphatic rings. The van der Waals surface area contributed by atoms with E-state index < -0.39 is 0 Å². The van der Waals surface area contributed by atoms with E-state index in [-0.39, 0.29) is 5.91 Å². The van der Waals surface area contributed by atoms with Crippen LogP contribution in [0.25, 0.3) is 11.4 Å². The molecule has 4 nitrogen and oxygen atoms in total. The van der Waals surface area contributed by atoms with Gasteiger partial charge in [0.25, 0.3) is 5.91 Å². The van der Waals surface area contributed by atoms with Crippen molar-refractivity contribution in [1.29, 1.82) is 0 Å². The number of benzene rings is 2. The van der Waals surface area contributed by atoms with E-state index in [1.807, 2.05) is 68.4 Å². The van der Waals surface area contributed by atoms with Gasteiger partial charge in [0.1, 0.15) is 0 Å². The molecule has 23 heavy (non-hydrogen) atoms. The van der Waals surface area contributed by atoms with Gasteiger partial charge in [0.15, 0.2) is 5.82 Å². The van der Waals surface area contributed by atoms with Crippen molar-refractivity contribution < 1.29 is 4.79 Å². The minimum Gasteiger partial charge on any atom is -0.322 e. The zero-order valence-corrected chi connectivity index (χ0v) is 13.1. The third kappa shape index (κ3) is 3.43. The van der Waals surface area contributed by atoms with Crippen molar-refractivity contribution in [3.8, 4) is 11.4 Å². The van der Waals surface area contributed by atoms with Crippen LogP contribution in [0.2, 0.25) is 0 Å². The van der Waals surface area contributed by atoms with Crippen molar-refractivity contribution in [2.45, 2.75) is 13.8 Å². The van der Waals surface area contributed by atoms with Crippen molar-refractivity contribution in [1.82, 2.24) is 9.97 Å². The number of anilines is 1. The van der Waals surface area contributed by atoms with Crippen molar-refractivity contribution >= 4 is 11.6 Å². The maximum atomic E-state index is 12.4. The van der Waals surface area contributed by atoms with E-state index >= 15 is 0 Å². The number of nitrogens with one attached hydrogen (secondary N) is 1. The molecule has 3 aromatic rings. The van der Waals surface area contributed by atoms with Gasteiger partial charge in [-0.15, -0.1) is 0 Å². The highest BCUT2D eigenvalue weighted by Crippen LogP contribution is 2.17. The fourth-order valence-electron chi connectivity index (χ4n) is 2.34. The monoisotopic (exact) mass is 303 g/mol. The maximum Gasteiger partial charge on any atom is 0.259 e. The molecule has 0 aliphatic heterocycles. The molecule has 0 atom stereocenters. The van der Waals surface area contributed by atoms with Crippen LogP contribution in [-0.2, 0) is 0 Å². The Morgan fingerprint density at radius 2 is 1.78 bits per heavy atom. The molecule has 0 saturated carbocycles. The molecule has 0 radical (unpaired) electrons. The van der Waals surface area contributed by atoms with E-state index in [1.54, 1.807) is 6.20 Å². The first kappa shape index (κ1) is 14.9. The first-order valence-corrected chi connectivity index (χ1v) is 7.40. The van der Waals surface area contributed by atoms with E-state index in [1.165, 1.54) is 0 Å². The maximum absolute atomic E-state index is 12.4. The van der Waals surface area contributed by atoms with Gasteiger partial charge in [-0.25, -0.2) is 9.97 Å². The molecule has 1 heterocycles. The molecule has 114 valence electrons. The molecule has 1 N–H and O–H groups in total. The van der Waals surface area contributed by atoms with Crippen LogP contribution in [0.5, 0.6) is 0 Å². The molecule has 1 aromatic heterocycles. The molecule has 0 unspecified atom stereocenters. The zero-order valence-electron chi connectivity index (χ0n) is 13.1. The summed E-state index contributed by atoms with van der Waals surface area (Å²) in [6.45, 7) is 3.80. The quantitative estimate of drug-likeness (QED) is 0.795. The summed E-state index contributed by atoms with van der Waals surface area (Å²) >= 11 is 0. The Labute approximate surface area is 135 Å². The fourth-order valence-corrected chi connectivity index (χ4v) is 2.34. The van der Waals surface area contributed by atoms with Crippen molar-refractivity contribution in [3.63, 3.8) is 0 Å². The largest absolute Gasteiger partial charge is 0.322 e. The molecule has 0 bridgehead atoms.